The minimum atomic E-state index is -3.81. The monoisotopic (exact) mass is 458 g/mol. The van der Waals surface area contributed by atoms with Gasteiger partial charge in [0.1, 0.15) is 0 Å². The first-order chi connectivity index (χ1) is 15.2. The normalized spacial score (nSPS) is 23.5. The number of amides is 2. The quantitative estimate of drug-likeness (QED) is 0.503. The largest absolute Gasteiger partial charge is 0.452 e. The third kappa shape index (κ3) is 3.84. The topological polar surface area (TPSA) is 134 Å². The van der Waals surface area contributed by atoms with Gasteiger partial charge in [0, 0.05) is 31.3 Å². The summed E-state index contributed by atoms with van der Waals surface area (Å²) in [6, 6.07) is 11.9. The van der Waals surface area contributed by atoms with Crippen LogP contribution in [0.15, 0.2) is 47.4 Å². The Hall–Kier alpha value is -2.98. The Morgan fingerprint density at radius 3 is 2.59 bits per heavy atom. The number of likely N-dealkylation sites (tertiary alicyclic amines) is 1. The molecule has 2 saturated heterocycles. The number of nitrogens with one attached hydrogen (secondary N) is 1. The fourth-order valence-electron chi connectivity index (χ4n) is 4.82. The number of nitrogens with two attached hydrogens (primary N) is 1. The number of amidine groups is 1. The highest BCUT2D eigenvalue weighted by Gasteiger charge is 2.56. The van der Waals surface area contributed by atoms with Gasteiger partial charge in [0.05, 0.1) is 23.9 Å². The Bertz CT molecular complexity index is 1180. The average Bonchev–Trinajstić information content (AvgIpc) is 3.31. The molecule has 0 radical (unpaired) electrons. The molecule has 3 unspecified atom stereocenters. The molecule has 4 rings (SSSR count). The Morgan fingerprint density at radius 1 is 1.19 bits per heavy atom. The summed E-state index contributed by atoms with van der Waals surface area (Å²) in [4.78, 5) is 26.5. The van der Waals surface area contributed by atoms with E-state index >= 15 is 0 Å². The number of imide groups is 1. The predicted octanol–water partition coefficient (Wildman–Crippen LogP) is 2.16. The molecule has 0 bridgehead atoms. The van der Waals surface area contributed by atoms with Gasteiger partial charge in [-0.15, -0.1) is 0 Å². The van der Waals surface area contributed by atoms with E-state index in [0.717, 1.165) is 15.7 Å². The summed E-state index contributed by atoms with van der Waals surface area (Å²) < 4.78 is 33.0. The molecule has 2 aromatic carbocycles. The molecule has 0 spiro atoms. The van der Waals surface area contributed by atoms with Gasteiger partial charge in [-0.2, -0.15) is 4.31 Å². The van der Waals surface area contributed by atoms with Crippen LogP contribution in [0, 0.1) is 17.2 Å². The van der Waals surface area contributed by atoms with Crippen molar-refractivity contribution < 1.29 is 22.7 Å². The third-order valence-electron chi connectivity index (χ3n) is 6.39. The van der Waals surface area contributed by atoms with Crippen LogP contribution in [-0.2, 0) is 19.6 Å². The second kappa shape index (κ2) is 8.51. The van der Waals surface area contributed by atoms with E-state index in [1.165, 1.54) is 11.4 Å². The van der Waals surface area contributed by atoms with Crippen molar-refractivity contribution in [2.24, 2.45) is 17.6 Å². The minimum absolute atomic E-state index is 0.0313. The Morgan fingerprint density at radius 2 is 1.91 bits per heavy atom. The summed E-state index contributed by atoms with van der Waals surface area (Å²) in [7, 11) is -2.61. The van der Waals surface area contributed by atoms with Crippen molar-refractivity contribution in [2.75, 3.05) is 20.2 Å². The van der Waals surface area contributed by atoms with Crippen molar-refractivity contribution in [1.82, 2.24) is 9.21 Å². The van der Waals surface area contributed by atoms with Crippen LogP contribution in [0.1, 0.15) is 19.3 Å². The van der Waals surface area contributed by atoms with Gasteiger partial charge < -0.3 is 10.5 Å². The van der Waals surface area contributed by atoms with Gasteiger partial charge in [0.2, 0.25) is 15.9 Å². The summed E-state index contributed by atoms with van der Waals surface area (Å²) in [5.74, 6) is -1.17. The SMILES string of the molecule is COC(=O)N1C(=O)C(CCCC(=N)N)C2CN(S(=O)(=O)c3ccc4ccccc4c3)CC21. The maximum absolute atomic E-state index is 13.4. The summed E-state index contributed by atoms with van der Waals surface area (Å²) in [6.45, 7) is 0.174. The average molecular weight is 459 g/mol. The number of carbonyl (C=O) groups excluding carboxylic acids is 2. The standard InChI is InChI=1S/C22H26N4O5S/c1-31-22(28)26-19-13-25(12-18(19)17(21(26)27)7-4-8-20(23)24)32(29,30)16-10-9-14-5-2-3-6-15(14)11-16/h2-3,5-6,9-11,17-19H,4,7-8,12-13H2,1H3,(H3,23,24). The molecule has 3 N–H and O–H groups in total. The molecule has 2 aromatic rings. The van der Waals surface area contributed by atoms with Crippen molar-refractivity contribution in [2.45, 2.75) is 30.2 Å². The molecule has 0 aliphatic carbocycles. The molecular formula is C22H26N4O5S. The van der Waals surface area contributed by atoms with Crippen LogP contribution in [0.25, 0.3) is 10.8 Å². The van der Waals surface area contributed by atoms with Crippen LogP contribution >= 0.6 is 0 Å². The number of nitrogens with zero attached hydrogens (tertiary/aromatic N) is 2. The molecular weight excluding hydrogens is 432 g/mol. The lowest BCUT2D eigenvalue weighted by molar-refractivity contribution is -0.130. The lowest BCUT2D eigenvalue weighted by atomic mass is 9.88. The second-order valence-corrected chi connectivity index (χ2v) is 10.2. The molecule has 32 heavy (non-hydrogen) atoms. The lowest BCUT2D eigenvalue weighted by Gasteiger charge is -2.23. The smallest absolute Gasteiger partial charge is 0.416 e. The van der Waals surface area contributed by atoms with Crippen LogP contribution in [0.3, 0.4) is 0 Å². The van der Waals surface area contributed by atoms with Gasteiger partial charge in [0.25, 0.3) is 0 Å². The molecule has 0 saturated carbocycles. The highest BCUT2D eigenvalue weighted by molar-refractivity contribution is 7.89. The fourth-order valence-corrected chi connectivity index (χ4v) is 6.35. The number of hydrogen-bond donors (Lipinski definition) is 2. The van der Waals surface area contributed by atoms with Gasteiger partial charge in [0.15, 0.2) is 0 Å². The van der Waals surface area contributed by atoms with E-state index in [2.05, 4.69) is 0 Å². The summed E-state index contributed by atoms with van der Waals surface area (Å²) in [5, 5.41) is 9.15. The number of ether oxygens (including phenoxy) is 1. The zero-order valence-corrected chi connectivity index (χ0v) is 18.5. The second-order valence-electron chi connectivity index (χ2n) is 8.26. The number of benzene rings is 2. The zero-order chi connectivity index (χ0) is 23.0. The predicted molar refractivity (Wildman–Crippen MR) is 118 cm³/mol. The Kier molecular flexibility index (Phi) is 5.91. The van der Waals surface area contributed by atoms with Crippen molar-refractivity contribution in [1.29, 1.82) is 5.41 Å². The Balaban J connectivity index is 1.61. The van der Waals surface area contributed by atoms with E-state index in [1.807, 2.05) is 24.3 Å². The molecule has 2 heterocycles. The minimum Gasteiger partial charge on any atom is -0.452 e. The zero-order valence-electron chi connectivity index (χ0n) is 17.7. The number of carbonyl (C=O) groups is 2. The first-order valence-corrected chi connectivity index (χ1v) is 11.9. The summed E-state index contributed by atoms with van der Waals surface area (Å²) in [5.41, 5.74) is 5.43. The van der Waals surface area contributed by atoms with Gasteiger partial charge in [-0.25, -0.2) is 18.1 Å². The number of fused-ring (bicyclic) bond motifs is 2. The van der Waals surface area contributed by atoms with E-state index < -0.39 is 28.1 Å². The van der Waals surface area contributed by atoms with Crippen LogP contribution in [0.5, 0.6) is 0 Å². The van der Waals surface area contributed by atoms with E-state index in [9.17, 15) is 18.0 Å². The lowest BCUT2D eigenvalue weighted by Crippen LogP contribution is -2.43. The highest BCUT2D eigenvalue weighted by atomic mass is 32.2. The molecule has 10 heteroatoms. The number of hydrogen-bond acceptors (Lipinski definition) is 6. The molecule has 2 aliphatic heterocycles. The van der Waals surface area contributed by atoms with Gasteiger partial charge in [-0.05, 0) is 35.7 Å². The van der Waals surface area contributed by atoms with Gasteiger partial charge in [-0.3, -0.25) is 10.2 Å². The summed E-state index contributed by atoms with van der Waals surface area (Å²) >= 11 is 0. The molecule has 2 fully saturated rings. The van der Waals surface area contributed by atoms with Crippen LogP contribution < -0.4 is 5.73 Å². The van der Waals surface area contributed by atoms with Crippen molar-refractivity contribution in [3.8, 4) is 0 Å². The third-order valence-corrected chi connectivity index (χ3v) is 8.22. The first kappa shape index (κ1) is 22.2. The number of rotatable bonds is 6. The van der Waals surface area contributed by atoms with Crippen molar-refractivity contribution in [3.63, 3.8) is 0 Å². The van der Waals surface area contributed by atoms with Crippen LogP contribution in [0.2, 0.25) is 0 Å². The van der Waals surface area contributed by atoms with E-state index in [-0.39, 0.29) is 35.6 Å². The fraction of sp³-hybridized carbons (Fsp3) is 0.409. The number of sulfonamides is 1. The van der Waals surface area contributed by atoms with E-state index in [0.29, 0.717) is 19.3 Å². The molecule has 170 valence electrons. The van der Waals surface area contributed by atoms with Gasteiger partial charge in [-0.1, -0.05) is 30.3 Å². The van der Waals surface area contributed by atoms with Crippen molar-refractivity contribution >= 4 is 38.6 Å². The maximum atomic E-state index is 13.4. The summed E-state index contributed by atoms with van der Waals surface area (Å²) in [6.07, 6.45) is 0.514. The number of methoxy groups -OCH3 is 1. The van der Waals surface area contributed by atoms with Crippen LogP contribution in [-0.4, -0.2) is 61.7 Å². The molecule has 2 amide bonds. The molecule has 3 atom stereocenters. The molecule has 0 aromatic heterocycles. The molecule has 2 aliphatic rings. The molecule has 9 nitrogen and oxygen atoms in total. The van der Waals surface area contributed by atoms with Crippen LogP contribution in [0.4, 0.5) is 4.79 Å². The first-order valence-electron chi connectivity index (χ1n) is 10.5. The highest BCUT2D eigenvalue weighted by Crippen LogP contribution is 2.41. The van der Waals surface area contributed by atoms with Gasteiger partial charge >= 0.3 is 6.09 Å². The maximum Gasteiger partial charge on any atom is 0.416 e. The van der Waals surface area contributed by atoms with Crippen molar-refractivity contribution in [3.05, 3.63) is 42.5 Å². The van der Waals surface area contributed by atoms with E-state index in [1.54, 1.807) is 18.2 Å². The van der Waals surface area contributed by atoms with E-state index in [4.69, 9.17) is 15.9 Å². The Labute approximate surface area is 186 Å².